The Morgan fingerprint density at radius 1 is 1.29 bits per heavy atom. The molecular weight excluding hydrogens is 324 g/mol. The standard InChI is InChI=1S/C19H28N2O2.ClH/c1-21(12-11-14-7-4-6-10-18(14)23-2)19(22)17-13-15-8-3-5-9-16(15)20-17;/h4,6-7,10,15-17,20H,3,5,8-9,11-13H2,1-2H3;1H. The van der Waals surface area contributed by atoms with Crippen LogP contribution in [0.3, 0.4) is 0 Å². The molecule has 1 saturated heterocycles. The van der Waals surface area contributed by atoms with Crippen LogP contribution < -0.4 is 10.1 Å². The maximum absolute atomic E-state index is 12.7. The van der Waals surface area contributed by atoms with Crippen LogP contribution in [0.1, 0.15) is 37.7 Å². The molecule has 1 aliphatic heterocycles. The van der Waals surface area contributed by atoms with Crippen LogP contribution >= 0.6 is 12.4 Å². The molecular formula is C19H29ClN2O2. The number of amides is 1. The summed E-state index contributed by atoms with van der Waals surface area (Å²) in [6, 6.07) is 8.62. The molecule has 134 valence electrons. The van der Waals surface area contributed by atoms with Gasteiger partial charge in [0.1, 0.15) is 5.75 Å². The number of rotatable bonds is 5. The molecule has 0 bridgehead atoms. The molecule has 3 rings (SSSR count). The normalized spacial score (nSPS) is 25.5. The predicted octanol–water partition coefficient (Wildman–Crippen LogP) is 3.04. The number of para-hydroxylation sites is 1. The molecule has 1 saturated carbocycles. The van der Waals surface area contributed by atoms with Crippen molar-refractivity contribution < 1.29 is 9.53 Å². The van der Waals surface area contributed by atoms with Crippen LogP contribution in [-0.2, 0) is 11.2 Å². The van der Waals surface area contributed by atoms with Crippen LogP contribution in [0.25, 0.3) is 0 Å². The first-order valence-electron chi connectivity index (χ1n) is 8.82. The Balaban J connectivity index is 0.00000208. The molecule has 2 aliphatic rings. The van der Waals surface area contributed by atoms with E-state index in [1.807, 2.05) is 30.1 Å². The van der Waals surface area contributed by atoms with Crippen LogP contribution in [-0.4, -0.2) is 43.6 Å². The van der Waals surface area contributed by atoms with Crippen molar-refractivity contribution in [3.8, 4) is 5.75 Å². The van der Waals surface area contributed by atoms with E-state index in [4.69, 9.17) is 4.74 Å². The van der Waals surface area contributed by atoms with Gasteiger partial charge in [-0.25, -0.2) is 0 Å². The Labute approximate surface area is 151 Å². The molecule has 4 nitrogen and oxygen atoms in total. The fraction of sp³-hybridized carbons (Fsp3) is 0.632. The molecule has 0 spiro atoms. The van der Waals surface area contributed by atoms with Gasteiger partial charge < -0.3 is 15.0 Å². The molecule has 3 atom stereocenters. The highest BCUT2D eigenvalue weighted by molar-refractivity contribution is 5.85. The van der Waals surface area contributed by atoms with Crippen molar-refractivity contribution in [2.24, 2.45) is 5.92 Å². The number of carbonyl (C=O) groups excluding carboxylic acids is 1. The van der Waals surface area contributed by atoms with Gasteiger partial charge in [0.05, 0.1) is 13.2 Å². The van der Waals surface area contributed by atoms with Crippen LogP contribution in [0.2, 0.25) is 0 Å². The number of carbonyl (C=O) groups is 1. The van der Waals surface area contributed by atoms with Gasteiger partial charge in [0, 0.05) is 19.6 Å². The Hall–Kier alpha value is -1.26. The lowest BCUT2D eigenvalue weighted by Gasteiger charge is -2.24. The Morgan fingerprint density at radius 3 is 2.79 bits per heavy atom. The highest BCUT2D eigenvalue weighted by Gasteiger charge is 2.38. The number of halogens is 1. The minimum absolute atomic E-state index is 0. The van der Waals surface area contributed by atoms with E-state index in [1.54, 1.807) is 7.11 Å². The summed E-state index contributed by atoms with van der Waals surface area (Å²) in [5.74, 6) is 1.85. The number of hydrogen-bond acceptors (Lipinski definition) is 3. The van der Waals surface area contributed by atoms with E-state index in [2.05, 4.69) is 11.4 Å². The summed E-state index contributed by atoms with van der Waals surface area (Å²) < 4.78 is 5.39. The predicted molar refractivity (Wildman–Crippen MR) is 98.9 cm³/mol. The molecule has 1 aliphatic carbocycles. The third kappa shape index (κ3) is 4.22. The van der Waals surface area contributed by atoms with Gasteiger partial charge in [0.2, 0.25) is 5.91 Å². The first-order valence-corrected chi connectivity index (χ1v) is 8.82. The summed E-state index contributed by atoms with van der Waals surface area (Å²) in [6.45, 7) is 0.729. The number of hydrogen-bond donors (Lipinski definition) is 1. The molecule has 3 unspecified atom stereocenters. The minimum atomic E-state index is 0. The van der Waals surface area contributed by atoms with Gasteiger partial charge >= 0.3 is 0 Å². The van der Waals surface area contributed by atoms with E-state index in [1.165, 1.54) is 25.7 Å². The lowest BCUT2D eigenvalue weighted by molar-refractivity contribution is -0.131. The molecule has 1 aromatic carbocycles. The molecule has 1 amide bonds. The average Bonchev–Trinajstić information content (AvgIpc) is 3.03. The molecule has 5 heteroatoms. The Bertz CT molecular complexity index is 538. The summed E-state index contributed by atoms with van der Waals surface area (Å²) >= 11 is 0. The van der Waals surface area contributed by atoms with Crippen molar-refractivity contribution in [1.29, 1.82) is 0 Å². The highest BCUT2D eigenvalue weighted by Crippen LogP contribution is 2.33. The number of fused-ring (bicyclic) bond motifs is 1. The third-order valence-corrected chi connectivity index (χ3v) is 5.45. The summed E-state index contributed by atoms with van der Waals surface area (Å²) in [7, 11) is 3.61. The van der Waals surface area contributed by atoms with Crippen LogP contribution in [0.4, 0.5) is 0 Å². The molecule has 1 aromatic rings. The maximum Gasteiger partial charge on any atom is 0.239 e. The van der Waals surface area contributed by atoms with Gasteiger partial charge in [-0.3, -0.25) is 4.79 Å². The minimum Gasteiger partial charge on any atom is -0.496 e. The Kier molecular flexibility index (Phi) is 6.93. The van der Waals surface area contributed by atoms with Crippen molar-refractivity contribution >= 4 is 18.3 Å². The summed E-state index contributed by atoms with van der Waals surface area (Å²) in [5, 5.41) is 3.58. The molecule has 24 heavy (non-hydrogen) atoms. The quantitative estimate of drug-likeness (QED) is 0.885. The van der Waals surface area contributed by atoms with Crippen molar-refractivity contribution in [3.63, 3.8) is 0 Å². The number of benzene rings is 1. The van der Waals surface area contributed by atoms with E-state index in [0.29, 0.717) is 12.0 Å². The zero-order chi connectivity index (χ0) is 16.2. The van der Waals surface area contributed by atoms with Gasteiger partial charge in [-0.15, -0.1) is 12.4 Å². The van der Waals surface area contributed by atoms with Crippen molar-refractivity contribution in [1.82, 2.24) is 10.2 Å². The van der Waals surface area contributed by atoms with E-state index < -0.39 is 0 Å². The van der Waals surface area contributed by atoms with E-state index >= 15 is 0 Å². The van der Waals surface area contributed by atoms with Crippen molar-refractivity contribution in [3.05, 3.63) is 29.8 Å². The largest absolute Gasteiger partial charge is 0.496 e. The van der Waals surface area contributed by atoms with Crippen molar-refractivity contribution in [2.45, 2.75) is 50.6 Å². The maximum atomic E-state index is 12.7. The van der Waals surface area contributed by atoms with Gasteiger partial charge in [-0.05, 0) is 43.2 Å². The second kappa shape index (κ2) is 8.72. The van der Waals surface area contributed by atoms with E-state index in [0.717, 1.165) is 30.7 Å². The summed E-state index contributed by atoms with van der Waals surface area (Å²) in [5.41, 5.74) is 1.16. The number of ether oxygens (including phenoxy) is 1. The second-order valence-corrected chi connectivity index (χ2v) is 6.93. The van der Waals surface area contributed by atoms with Gasteiger partial charge in [0.25, 0.3) is 0 Å². The molecule has 0 radical (unpaired) electrons. The highest BCUT2D eigenvalue weighted by atomic mass is 35.5. The first kappa shape index (κ1) is 19.1. The van der Waals surface area contributed by atoms with Crippen LogP contribution in [0.5, 0.6) is 5.75 Å². The zero-order valence-corrected chi connectivity index (χ0v) is 15.5. The fourth-order valence-corrected chi connectivity index (χ4v) is 4.08. The topological polar surface area (TPSA) is 41.6 Å². The zero-order valence-electron chi connectivity index (χ0n) is 14.7. The lowest BCUT2D eigenvalue weighted by Crippen LogP contribution is -2.44. The second-order valence-electron chi connectivity index (χ2n) is 6.93. The summed E-state index contributed by atoms with van der Waals surface area (Å²) in [4.78, 5) is 14.6. The SMILES string of the molecule is COc1ccccc1CCN(C)C(=O)C1CC2CCCCC2N1.Cl. The first-order chi connectivity index (χ1) is 11.2. The van der Waals surface area contributed by atoms with Gasteiger partial charge in [-0.2, -0.15) is 0 Å². The number of methoxy groups -OCH3 is 1. The smallest absolute Gasteiger partial charge is 0.239 e. The third-order valence-electron chi connectivity index (χ3n) is 5.45. The molecule has 1 heterocycles. The molecule has 2 fully saturated rings. The molecule has 0 aromatic heterocycles. The van der Waals surface area contributed by atoms with Crippen LogP contribution in [0.15, 0.2) is 24.3 Å². The number of nitrogens with zero attached hydrogens (tertiary/aromatic N) is 1. The summed E-state index contributed by atoms with van der Waals surface area (Å²) in [6.07, 6.45) is 6.99. The monoisotopic (exact) mass is 352 g/mol. The lowest BCUT2D eigenvalue weighted by atomic mass is 9.85. The van der Waals surface area contributed by atoms with Crippen molar-refractivity contribution in [2.75, 3.05) is 20.7 Å². The van der Waals surface area contributed by atoms with E-state index in [-0.39, 0.29) is 24.4 Å². The number of nitrogens with one attached hydrogen (secondary N) is 1. The number of likely N-dealkylation sites (N-methyl/N-ethyl adjacent to an activating group) is 1. The van der Waals surface area contributed by atoms with Crippen LogP contribution in [0, 0.1) is 5.92 Å². The molecule has 1 N–H and O–H groups in total. The average molecular weight is 353 g/mol. The van der Waals surface area contributed by atoms with Gasteiger partial charge in [-0.1, -0.05) is 31.0 Å². The van der Waals surface area contributed by atoms with E-state index in [9.17, 15) is 4.79 Å². The Morgan fingerprint density at radius 2 is 2.04 bits per heavy atom. The van der Waals surface area contributed by atoms with Gasteiger partial charge in [0.15, 0.2) is 0 Å². The fourth-order valence-electron chi connectivity index (χ4n) is 4.08.